The average molecular weight is 243 g/mol. The summed E-state index contributed by atoms with van der Waals surface area (Å²) in [6.45, 7) is 1.95. The van der Waals surface area contributed by atoms with Gasteiger partial charge in [-0.3, -0.25) is 4.98 Å². The van der Waals surface area contributed by atoms with Crippen LogP contribution in [0.5, 0.6) is 5.75 Å². The van der Waals surface area contributed by atoms with E-state index >= 15 is 0 Å². The summed E-state index contributed by atoms with van der Waals surface area (Å²) < 4.78 is 5.24. The molecule has 0 aliphatic rings. The molecular weight excluding hydrogens is 230 g/mol. The first-order valence-corrected chi connectivity index (χ1v) is 5.45. The van der Waals surface area contributed by atoms with Crippen molar-refractivity contribution < 1.29 is 14.6 Å². The molecular formula is C14H13NO3. The Morgan fingerprint density at radius 1 is 1.28 bits per heavy atom. The first-order chi connectivity index (χ1) is 8.61. The van der Waals surface area contributed by atoms with Gasteiger partial charge in [0.2, 0.25) is 0 Å². The van der Waals surface area contributed by atoms with Crippen LogP contribution in [0, 0.1) is 6.92 Å². The van der Waals surface area contributed by atoms with Crippen LogP contribution in [0.15, 0.2) is 36.7 Å². The molecule has 0 saturated heterocycles. The molecule has 0 amide bonds. The third-order valence-electron chi connectivity index (χ3n) is 2.63. The predicted octanol–water partition coefficient (Wildman–Crippen LogP) is 2.76. The second kappa shape index (κ2) is 4.87. The summed E-state index contributed by atoms with van der Waals surface area (Å²) in [5.41, 5.74) is 2.98. The number of methoxy groups -OCH3 is 1. The molecule has 1 aromatic carbocycles. The number of carboxylic acids is 1. The van der Waals surface area contributed by atoms with Crippen molar-refractivity contribution in [2.45, 2.75) is 6.92 Å². The Morgan fingerprint density at radius 2 is 2.06 bits per heavy atom. The summed E-state index contributed by atoms with van der Waals surface area (Å²) in [5, 5.41) is 8.94. The Labute approximate surface area is 105 Å². The van der Waals surface area contributed by atoms with Crippen molar-refractivity contribution in [2.75, 3.05) is 7.11 Å². The third kappa shape index (κ3) is 2.32. The molecule has 1 N–H and O–H groups in total. The first-order valence-electron chi connectivity index (χ1n) is 5.45. The maximum atomic E-state index is 10.9. The smallest absolute Gasteiger partial charge is 0.335 e. The zero-order valence-corrected chi connectivity index (χ0v) is 10.2. The van der Waals surface area contributed by atoms with Gasteiger partial charge in [0.05, 0.1) is 12.7 Å². The Kier molecular flexibility index (Phi) is 3.28. The highest BCUT2D eigenvalue weighted by molar-refractivity contribution is 5.89. The van der Waals surface area contributed by atoms with E-state index in [2.05, 4.69) is 4.98 Å². The van der Waals surface area contributed by atoms with Crippen LogP contribution in [-0.2, 0) is 0 Å². The van der Waals surface area contributed by atoms with Crippen molar-refractivity contribution in [2.24, 2.45) is 0 Å². The van der Waals surface area contributed by atoms with Crippen LogP contribution < -0.4 is 4.74 Å². The fraction of sp³-hybridized carbons (Fsp3) is 0.143. The average Bonchev–Trinajstić information content (AvgIpc) is 2.37. The Bertz CT molecular complexity index is 593. The van der Waals surface area contributed by atoms with Gasteiger partial charge in [0.15, 0.2) is 0 Å². The van der Waals surface area contributed by atoms with Crippen LogP contribution in [0.25, 0.3) is 11.1 Å². The normalized spacial score (nSPS) is 10.1. The Morgan fingerprint density at radius 3 is 2.67 bits per heavy atom. The van der Waals surface area contributed by atoms with Gasteiger partial charge in [0.1, 0.15) is 5.75 Å². The van der Waals surface area contributed by atoms with Crippen molar-refractivity contribution >= 4 is 5.97 Å². The zero-order valence-electron chi connectivity index (χ0n) is 10.2. The van der Waals surface area contributed by atoms with E-state index in [-0.39, 0.29) is 5.56 Å². The minimum absolute atomic E-state index is 0.205. The summed E-state index contributed by atoms with van der Waals surface area (Å²) in [6, 6.07) is 6.78. The number of aryl methyl sites for hydroxylation is 1. The minimum atomic E-state index is -0.970. The number of carbonyl (C=O) groups is 1. The SMILES string of the molecule is COc1cc(C(=O)O)ccc1-c1cncc(C)c1. The molecule has 2 rings (SSSR count). The van der Waals surface area contributed by atoms with Gasteiger partial charge in [0, 0.05) is 23.5 Å². The number of aromatic carboxylic acids is 1. The van der Waals surface area contributed by atoms with E-state index in [1.165, 1.54) is 13.2 Å². The second-order valence-electron chi connectivity index (χ2n) is 3.97. The number of hydrogen-bond donors (Lipinski definition) is 1. The summed E-state index contributed by atoms with van der Waals surface area (Å²) in [7, 11) is 1.52. The molecule has 0 unspecified atom stereocenters. The van der Waals surface area contributed by atoms with Crippen LogP contribution >= 0.6 is 0 Å². The van der Waals surface area contributed by atoms with Crippen molar-refractivity contribution in [3.63, 3.8) is 0 Å². The number of benzene rings is 1. The Balaban J connectivity index is 2.54. The molecule has 0 spiro atoms. The highest BCUT2D eigenvalue weighted by atomic mass is 16.5. The van der Waals surface area contributed by atoms with E-state index in [4.69, 9.17) is 9.84 Å². The predicted molar refractivity (Wildman–Crippen MR) is 67.9 cm³/mol. The lowest BCUT2D eigenvalue weighted by Crippen LogP contribution is -1.98. The molecule has 18 heavy (non-hydrogen) atoms. The van der Waals surface area contributed by atoms with Gasteiger partial charge in [-0.05, 0) is 36.8 Å². The number of hydrogen-bond acceptors (Lipinski definition) is 3. The van der Waals surface area contributed by atoms with Crippen LogP contribution in [0.4, 0.5) is 0 Å². The molecule has 1 aromatic heterocycles. The monoisotopic (exact) mass is 243 g/mol. The molecule has 2 aromatic rings. The van der Waals surface area contributed by atoms with Gasteiger partial charge in [-0.25, -0.2) is 4.79 Å². The van der Waals surface area contributed by atoms with Crippen molar-refractivity contribution in [1.82, 2.24) is 4.98 Å². The van der Waals surface area contributed by atoms with E-state index in [9.17, 15) is 4.79 Å². The lowest BCUT2D eigenvalue weighted by atomic mass is 10.0. The number of aromatic nitrogens is 1. The van der Waals surface area contributed by atoms with Crippen LogP contribution in [0.1, 0.15) is 15.9 Å². The number of nitrogens with zero attached hydrogens (tertiary/aromatic N) is 1. The number of carboxylic acid groups (broad SMARTS) is 1. The van der Waals surface area contributed by atoms with Crippen molar-refractivity contribution in [3.05, 3.63) is 47.8 Å². The molecule has 0 radical (unpaired) electrons. The van der Waals surface area contributed by atoms with Gasteiger partial charge in [0.25, 0.3) is 0 Å². The molecule has 0 atom stereocenters. The number of rotatable bonds is 3. The summed E-state index contributed by atoms with van der Waals surface area (Å²) >= 11 is 0. The number of ether oxygens (including phenoxy) is 1. The van der Waals surface area contributed by atoms with E-state index in [0.717, 1.165) is 16.7 Å². The minimum Gasteiger partial charge on any atom is -0.496 e. The van der Waals surface area contributed by atoms with E-state index in [0.29, 0.717) is 5.75 Å². The van der Waals surface area contributed by atoms with E-state index in [1.807, 2.05) is 13.0 Å². The standard InChI is InChI=1S/C14H13NO3/c1-9-5-11(8-15-7-9)12-4-3-10(14(16)17)6-13(12)18-2/h3-8H,1-2H3,(H,16,17). The molecule has 0 fully saturated rings. The fourth-order valence-electron chi connectivity index (χ4n) is 1.76. The molecule has 0 aliphatic carbocycles. The second-order valence-corrected chi connectivity index (χ2v) is 3.97. The lowest BCUT2D eigenvalue weighted by molar-refractivity contribution is 0.0696. The maximum absolute atomic E-state index is 10.9. The maximum Gasteiger partial charge on any atom is 0.335 e. The first kappa shape index (κ1) is 12.1. The molecule has 0 aliphatic heterocycles. The van der Waals surface area contributed by atoms with Gasteiger partial charge < -0.3 is 9.84 Å². The summed E-state index contributed by atoms with van der Waals surface area (Å²) in [5.74, 6) is -0.440. The summed E-state index contributed by atoms with van der Waals surface area (Å²) in [4.78, 5) is 15.0. The van der Waals surface area contributed by atoms with Gasteiger partial charge in [-0.15, -0.1) is 0 Å². The molecule has 4 nitrogen and oxygen atoms in total. The van der Waals surface area contributed by atoms with E-state index in [1.54, 1.807) is 24.5 Å². The summed E-state index contributed by atoms with van der Waals surface area (Å²) in [6.07, 6.45) is 3.49. The largest absolute Gasteiger partial charge is 0.496 e. The van der Waals surface area contributed by atoms with Crippen LogP contribution in [0.2, 0.25) is 0 Å². The zero-order chi connectivity index (χ0) is 13.1. The third-order valence-corrected chi connectivity index (χ3v) is 2.63. The molecule has 0 bridgehead atoms. The Hall–Kier alpha value is -2.36. The van der Waals surface area contributed by atoms with Crippen LogP contribution in [0.3, 0.4) is 0 Å². The molecule has 4 heteroatoms. The highest BCUT2D eigenvalue weighted by Gasteiger charge is 2.10. The number of pyridine rings is 1. The molecule has 92 valence electrons. The van der Waals surface area contributed by atoms with Crippen LogP contribution in [-0.4, -0.2) is 23.2 Å². The fourth-order valence-corrected chi connectivity index (χ4v) is 1.76. The topological polar surface area (TPSA) is 59.4 Å². The van der Waals surface area contributed by atoms with Crippen molar-refractivity contribution in [3.8, 4) is 16.9 Å². The van der Waals surface area contributed by atoms with Gasteiger partial charge >= 0.3 is 5.97 Å². The van der Waals surface area contributed by atoms with Gasteiger partial charge in [-0.2, -0.15) is 0 Å². The van der Waals surface area contributed by atoms with Gasteiger partial charge in [-0.1, -0.05) is 0 Å². The quantitative estimate of drug-likeness (QED) is 0.900. The molecule has 1 heterocycles. The highest BCUT2D eigenvalue weighted by Crippen LogP contribution is 2.30. The van der Waals surface area contributed by atoms with E-state index < -0.39 is 5.97 Å². The van der Waals surface area contributed by atoms with Crippen molar-refractivity contribution in [1.29, 1.82) is 0 Å². The molecule has 0 saturated carbocycles. The lowest BCUT2D eigenvalue weighted by Gasteiger charge is -2.09.